The lowest BCUT2D eigenvalue weighted by Crippen LogP contribution is -2.15. The highest BCUT2D eigenvalue weighted by Crippen LogP contribution is 2.52. The fraction of sp³-hybridized carbons (Fsp3) is 0.0870. The van der Waals surface area contributed by atoms with Crippen LogP contribution in [0, 0.1) is 0 Å². The highest BCUT2D eigenvalue weighted by molar-refractivity contribution is 5.98. The minimum atomic E-state index is -5.37. The van der Waals surface area contributed by atoms with E-state index in [0.717, 1.165) is 24.3 Å². The zero-order valence-corrected chi connectivity index (χ0v) is 29.5. The molecular weight excluding hydrogens is 780 g/mol. The van der Waals surface area contributed by atoms with Crippen LogP contribution in [0.3, 0.4) is 0 Å². The van der Waals surface area contributed by atoms with Crippen molar-refractivity contribution < 1.29 is 52.7 Å². The van der Waals surface area contributed by atoms with E-state index in [1.54, 1.807) is 12.1 Å². The summed E-state index contributed by atoms with van der Waals surface area (Å²) in [5.74, 6) is 0. The second kappa shape index (κ2) is 14.9. The molecule has 0 aromatic heterocycles. The number of alkyl halides is 12. The van der Waals surface area contributed by atoms with E-state index < -0.39 is 69.2 Å². The summed E-state index contributed by atoms with van der Waals surface area (Å²) in [6, 6.07) is 32.7. The Hall–Kier alpha value is -6.30. The summed E-state index contributed by atoms with van der Waals surface area (Å²) in [4.78, 5) is 0. The minimum absolute atomic E-state index is 0.0201. The van der Waals surface area contributed by atoms with E-state index >= 15 is 26.3 Å². The first kappa shape index (κ1) is 39.9. The van der Waals surface area contributed by atoms with Crippen molar-refractivity contribution in [3.05, 3.63) is 180 Å². The predicted molar refractivity (Wildman–Crippen MR) is 199 cm³/mol. The molecule has 0 heterocycles. The molecule has 0 aliphatic rings. The molecule has 0 nitrogen and oxygen atoms in total. The van der Waals surface area contributed by atoms with E-state index in [-0.39, 0.29) is 56.6 Å². The monoisotopic (exact) mass is 806 g/mol. The molecule has 0 fully saturated rings. The Bertz CT molecular complexity index is 2390. The average molecular weight is 807 g/mol. The van der Waals surface area contributed by atoms with Crippen LogP contribution in [-0.4, -0.2) is 0 Å². The third-order valence-electron chi connectivity index (χ3n) is 9.61. The standard InChI is InChI=1S/C46H26F12/c47-43(48,49)39-25-41(45(53,54)55)37(23-33(39)29-17-9-3-10-18-29)35-22-32(28-15-7-2-8-16-28)36(21-31(35)27-13-5-1-6-14-27)38-24-34(30-19-11-4-12-20-30)40(44(50,51)52)26-42(38)46(56,57)58/h1-26H. The molecule has 0 unspecified atom stereocenters. The van der Waals surface area contributed by atoms with Crippen LogP contribution < -0.4 is 0 Å². The molecule has 58 heavy (non-hydrogen) atoms. The maximum atomic E-state index is 15.1. The van der Waals surface area contributed by atoms with Gasteiger partial charge in [-0.15, -0.1) is 0 Å². The number of hydrogen-bond acceptors (Lipinski definition) is 0. The topological polar surface area (TPSA) is 0 Å². The molecule has 0 saturated heterocycles. The molecule has 0 bridgehead atoms. The van der Waals surface area contributed by atoms with E-state index in [0.29, 0.717) is 0 Å². The molecule has 0 N–H and O–H groups in total. The van der Waals surface area contributed by atoms with Gasteiger partial charge in [-0.1, -0.05) is 121 Å². The van der Waals surface area contributed by atoms with Crippen molar-refractivity contribution in [2.45, 2.75) is 24.7 Å². The molecule has 0 atom stereocenters. The van der Waals surface area contributed by atoms with Gasteiger partial charge in [0, 0.05) is 0 Å². The molecule has 0 radical (unpaired) electrons. The molecule has 0 spiro atoms. The van der Waals surface area contributed by atoms with Crippen LogP contribution >= 0.6 is 0 Å². The van der Waals surface area contributed by atoms with Crippen LogP contribution in [0.1, 0.15) is 22.3 Å². The van der Waals surface area contributed by atoms with Crippen molar-refractivity contribution >= 4 is 0 Å². The highest BCUT2D eigenvalue weighted by atomic mass is 19.4. The lowest BCUT2D eigenvalue weighted by atomic mass is 9.81. The van der Waals surface area contributed by atoms with Crippen molar-refractivity contribution in [2.75, 3.05) is 0 Å². The first-order chi connectivity index (χ1) is 27.3. The first-order valence-electron chi connectivity index (χ1n) is 17.4. The Morgan fingerprint density at radius 2 is 0.414 bits per heavy atom. The minimum Gasteiger partial charge on any atom is -0.166 e. The van der Waals surface area contributed by atoms with E-state index in [9.17, 15) is 26.3 Å². The molecule has 0 amide bonds. The number of halogens is 12. The van der Waals surface area contributed by atoms with Crippen LogP contribution in [-0.2, 0) is 24.7 Å². The summed E-state index contributed by atoms with van der Waals surface area (Å²) in [5, 5.41) is 0. The SMILES string of the molecule is FC(F)(F)c1cc(C(F)(F)F)c(-c2cc(-c3ccccc3)c(-c3cc(-c4ccccc4)c(C(F)(F)F)cc3C(F)(F)F)cc2-c2ccccc2)cc1-c1ccccc1. The summed E-state index contributed by atoms with van der Waals surface area (Å²) < 4.78 is 178. The molecule has 7 aromatic carbocycles. The van der Waals surface area contributed by atoms with Gasteiger partial charge in [-0.25, -0.2) is 0 Å². The third kappa shape index (κ3) is 7.96. The van der Waals surface area contributed by atoms with E-state index in [4.69, 9.17) is 0 Å². The Balaban J connectivity index is 1.68. The Morgan fingerprint density at radius 1 is 0.207 bits per heavy atom. The van der Waals surface area contributed by atoms with E-state index in [1.807, 2.05) is 0 Å². The molecule has 12 heteroatoms. The summed E-state index contributed by atoms with van der Waals surface area (Å²) in [7, 11) is 0. The van der Waals surface area contributed by atoms with Gasteiger partial charge in [-0.2, -0.15) is 52.7 Å². The van der Waals surface area contributed by atoms with Crippen molar-refractivity contribution in [1.82, 2.24) is 0 Å². The quantitative estimate of drug-likeness (QED) is 0.147. The van der Waals surface area contributed by atoms with Crippen LogP contribution in [0.5, 0.6) is 0 Å². The van der Waals surface area contributed by atoms with Gasteiger partial charge in [0.25, 0.3) is 0 Å². The van der Waals surface area contributed by atoms with Crippen LogP contribution in [0.2, 0.25) is 0 Å². The van der Waals surface area contributed by atoms with Crippen molar-refractivity contribution in [1.29, 1.82) is 0 Å². The van der Waals surface area contributed by atoms with Crippen molar-refractivity contribution in [2.24, 2.45) is 0 Å². The zero-order chi connectivity index (χ0) is 41.6. The number of benzene rings is 7. The molecule has 7 aromatic rings. The van der Waals surface area contributed by atoms with Gasteiger partial charge in [-0.05, 0) is 103 Å². The first-order valence-corrected chi connectivity index (χ1v) is 17.4. The fourth-order valence-corrected chi connectivity index (χ4v) is 7.05. The second-order valence-electron chi connectivity index (χ2n) is 13.3. The van der Waals surface area contributed by atoms with Gasteiger partial charge in [0.1, 0.15) is 0 Å². The largest absolute Gasteiger partial charge is 0.417 e. The smallest absolute Gasteiger partial charge is 0.166 e. The lowest BCUT2D eigenvalue weighted by molar-refractivity contribution is -0.144. The van der Waals surface area contributed by atoms with Crippen LogP contribution in [0.4, 0.5) is 52.7 Å². The van der Waals surface area contributed by atoms with Gasteiger partial charge in [0.2, 0.25) is 0 Å². The highest BCUT2D eigenvalue weighted by Gasteiger charge is 2.43. The van der Waals surface area contributed by atoms with Gasteiger partial charge >= 0.3 is 24.7 Å². The summed E-state index contributed by atoms with van der Waals surface area (Å²) >= 11 is 0. The van der Waals surface area contributed by atoms with E-state index in [1.165, 1.54) is 109 Å². The molecule has 0 saturated carbocycles. The van der Waals surface area contributed by atoms with Crippen molar-refractivity contribution in [3.8, 4) is 66.8 Å². The normalized spacial score (nSPS) is 12.5. The maximum Gasteiger partial charge on any atom is 0.417 e. The Kier molecular flexibility index (Phi) is 10.2. The van der Waals surface area contributed by atoms with E-state index in [2.05, 4.69) is 0 Å². The zero-order valence-electron chi connectivity index (χ0n) is 29.5. The third-order valence-corrected chi connectivity index (χ3v) is 9.61. The molecule has 0 aliphatic carbocycles. The maximum absolute atomic E-state index is 15.1. The summed E-state index contributed by atoms with van der Waals surface area (Å²) in [6.07, 6.45) is -21.2. The van der Waals surface area contributed by atoms with Gasteiger partial charge in [-0.3, -0.25) is 0 Å². The molecular formula is C46H26F12. The lowest BCUT2D eigenvalue weighted by Gasteiger charge is -2.25. The van der Waals surface area contributed by atoms with Crippen LogP contribution in [0.15, 0.2) is 158 Å². The molecule has 7 rings (SSSR count). The average Bonchev–Trinajstić information content (AvgIpc) is 3.19. The summed E-state index contributed by atoms with van der Waals surface area (Å²) in [5.41, 5.74) is -9.70. The summed E-state index contributed by atoms with van der Waals surface area (Å²) in [6.45, 7) is 0. The Morgan fingerprint density at radius 3 is 0.655 bits per heavy atom. The Labute approximate surface area is 323 Å². The molecule has 294 valence electrons. The van der Waals surface area contributed by atoms with Gasteiger partial charge in [0.05, 0.1) is 22.3 Å². The molecule has 0 aliphatic heterocycles. The predicted octanol–water partition coefficient (Wildman–Crippen LogP) is 15.8. The number of rotatable bonds is 6. The van der Waals surface area contributed by atoms with Gasteiger partial charge in [0.15, 0.2) is 0 Å². The van der Waals surface area contributed by atoms with Gasteiger partial charge < -0.3 is 0 Å². The van der Waals surface area contributed by atoms with Crippen molar-refractivity contribution in [3.63, 3.8) is 0 Å². The fourth-order valence-electron chi connectivity index (χ4n) is 7.05. The van der Waals surface area contributed by atoms with Crippen LogP contribution in [0.25, 0.3) is 66.8 Å². The second-order valence-corrected chi connectivity index (χ2v) is 13.3. The number of hydrogen-bond donors (Lipinski definition) is 0.